The molecule has 1 aromatic rings. The zero-order valence-electron chi connectivity index (χ0n) is 14.3. The minimum Gasteiger partial charge on any atom is -0.543 e. The molecular formula is C13H14N5NaO6S2. The molecule has 2 atom stereocenters. The van der Waals surface area contributed by atoms with E-state index in [1.807, 2.05) is 0 Å². The molecule has 0 unspecified atom stereocenters. The first-order chi connectivity index (χ1) is 12.3. The molecule has 1 aliphatic heterocycles. The van der Waals surface area contributed by atoms with Gasteiger partial charge in [0.15, 0.2) is 16.9 Å². The van der Waals surface area contributed by atoms with Crippen LogP contribution < -0.4 is 51.0 Å². The number of carboxylic acids is 2. The number of nitrogens with two attached hydrogens (primary N) is 1. The summed E-state index contributed by atoms with van der Waals surface area (Å²) in [5.74, 6) is -3.46. The molecule has 27 heavy (non-hydrogen) atoms. The first-order valence-corrected chi connectivity index (χ1v) is 8.92. The van der Waals surface area contributed by atoms with Crippen molar-refractivity contribution in [2.24, 2.45) is 5.16 Å². The van der Waals surface area contributed by atoms with Crippen molar-refractivity contribution in [1.29, 1.82) is 0 Å². The van der Waals surface area contributed by atoms with Gasteiger partial charge in [-0.25, -0.2) is 9.78 Å². The minimum absolute atomic E-state index is 0. The maximum Gasteiger partial charge on any atom is 1.00 e. The van der Waals surface area contributed by atoms with Gasteiger partial charge in [-0.15, -0.1) is 23.1 Å². The number of aliphatic carboxylic acids is 2. The molecular weight excluding hydrogens is 409 g/mol. The summed E-state index contributed by atoms with van der Waals surface area (Å²) in [5, 5.41) is 29.5. The third kappa shape index (κ3) is 6.10. The fraction of sp³-hybridized carbons (Fsp3) is 0.308. The zero-order valence-corrected chi connectivity index (χ0v) is 17.9. The van der Waals surface area contributed by atoms with Gasteiger partial charge in [0.05, 0.1) is 11.7 Å². The third-order valence-electron chi connectivity index (χ3n) is 3.10. The predicted molar refractivity (Wildman–Crippen MR) is 92.1 cm³/mol. The van der Waals surface area contributed by atoms with E-state index in [1.54, 1.807) is 0 Å². The number of carboxylic acid groups (broad SMARTS) is 2. The number of oxime groups is 1. The van der Waals surface area contributed by atoms with E-state index in [1.165, 1.54) is 18.6 Å². The van der Waals surface area contributed by atoms with Crippen LogP contribution >= 0.6 is 23.1 Å². The maximum atomic E-state index is 12.5. The Kier molecular flexibility index (Phi) is 9.05. The van der Waals surface area contributed by atoms with Crippen LogP contribution in [0.5, 0.6) is 0 Å². The van der Waals surface area contributed by atoms with Gasteiger partial charge in [-0.3, -0.25) is 4.79 Å². The van der Waals surface area contributed by atoms with Crippen LogP contribution in [0, 0.1) is 0 Å². The number of hydrogen-bond donors (Lipinski definition) is 4. The molecule has 0 saturated heterocycles. The number of nitrogens with zero attached hydrogens (tertiary/aromatic N) is 2. The Bertz CT molecular complexity index is 783. The molecule has 2 heterocycles. The number of amides is 1. The van der Waals surface area contributed by atoms with Crippen molar-refractivity contribution in [3.05, 3.63) is 22.8 Å². The molecule has 14 heteroatoms. The Labute approximate surface area is 183 Å². The molecule has 2 rings (SSSR count). The van der Waals surface area contributed by atoms with E-state index < -0.39 is 29.3 Å². The van der Waals surface area contributed by atoms with Crippen molar-refractivity contribution in [2.45, 2.75) is 11.4 Å². The molecule has 0 saturated carbocycles. The van der Waals surface area contributed by atoms with E-state index in [2.05, 4.69) is 25.6 Å². The summed E-state index contributed by atoms with van der Waals surface area (Å²) in [5.41, 5.74) is 5.14. The van der Waals surface area contributed by atoms with Gasteiger partial charge in [0, 0.05) is 11.1 Å². The van der Waals surface area contributed by atoms with E-state index >= 15 is 0 Å². The number of anilines is 1. The van der Waals surface area contributed by atoms with Gasteiger partial charge >= 0.3 is 35.5 Å². The number of nitrogens with one attached hydrogen (secondary N) is 2. The van der Waals surface area contributed by atoms with Crippen LogP contribution in [0.25, 0.3) is 0 Å². The fourth-order valence-corrected chi connectivity index (χ4v) is 3.58. The van der Waals surface area contributed by atoms with Gasteiger partial charge in [-0.2, -0.15) is 0 Å². The average Bonchev–Trinajstić information content (AvgIpc) is 3.03. The molecule has 5 N–H and O–H groups in total. The van der Waals surface area contributed by atoms with E-state index in [0.29, 0.717) is 0 Å². The van der Waals surface area contributed by atoms with Crippen molar-refractivity contribution in [3.8, 4) is 0 Å². The van der Waals surface area contributed by atoms with Gasteiger partial charge < -0.3 is 36.2 Å². The number of thioether (sulfide) groups is 1. The van der Waals surface area contributed by atoms with Gasteiger partial charge in [0.1, 0.15) is 18.2 Å². The molecule has 0 fully saturated rings. The van der Waals surface area contributed by atoms with Crippen LogP contribution in [0.15, 0.2) is 22.3 Å². The van der Waals surface area contributed by atoms with Crippen LogP contribution in [0.3, 0.4) is 0 Å². The summed E-state index contributed by atoms with van der Waals surface area (Å²) in [6.45, 7) is 0. The monoisotopic (exact) mass is 423 g/mol. The molecule has 1 amide bonds. The molecule has 1 aromatic heterocycles. The summed E-state index contributed by atoms with van der Waals surface area (Å²) < 4.78 is 0. The Morgan fingerprint density at radius 1 is 1.56 bits per heavy atom. The molecule has 0 bridgehead atoms. The first-order valence-electron chi connectivity index (χ1n) is 6.99. The minimum atomic E-state index is -1.47. The number of hydrogen-bond acceptors (Lipinski definition) is 11. The van der Waals surface area contributed by atoms with Crippen LogP contribution in [-0.2, 0) is 19.2 Å². The Morgan fingerprint density at radius 2 is 2.26 bits per heavy atom. The normalized spacial score (nSPS) is 17.6. The number of rotatable bonds is 7. The summed E-state index contributed by atoms with van der Waals surface area (Å²) in [6.07, 6.45) is 1.35. The Morgan fingerprint density at radius 3 is 2.78 bits per heavy atom. The van der Waals surface area contributed by atoms with Crippen molar-refractivity contribution in [3.63, 3.8) is 0 Å². The standard InChI is InChI=1S/C13H15N5O6S2.Na/c1-24-18-7(6-4-26-13(14)16-6)9(19)17-8(12(22)23)10-15-5(11(20)21)2-3-25-10;/h2,4,8,10,15H,3H2,1H3,(H2,14,16)(H,17,19)(H,20,21)(H,22,23);/q;+1/p-1/b18-7-;/t8-,10+;/m0./s1. The number of carbonyl (C=O) groups excluding carboxylic acids is 2. The second-order valence-electron chi connectivity index (χ2n) is 4.79. The Balaban J connectivity index is 0.00000364. The average molecular weight is 423 g/mol. The number of thiazole rings is 1. The summed E-state index contributed by atoms with van der Waals surface area (Å²) in [7, 11) is 1.22. The van der Waals surface area contributed by atoms with E-state index in [4.69, 9.17) is 5.73 Å². The van der Waals surface area contributed by atoms with Gasteiger partial charge in [-0.1, -0.05) is 5.16 Å². The number of carbonyl (C=O) groups is 3. The molecule has 0 radical (unpaired) electrons. The second kappa shape index (κ2) is 10.5. The fourth-order valence-electron chi connectivity index (χ4n) is 1.98. The van der Waals surface area contributed by atoms with Crippen molar-refractivity contribution in [2.75, 3.05) is 18.6 Å². The van der Waals surface area contributed by atoms with E-state index in [0.717, 1.165) is 23.1 Å². The summed E-state index contributed by atoms with van der Waals surface area (Å²) in [4.78, 5) is 43.5. The van der Waals surface area contributed by atoms with Crippen LogP contribution in [0.2, 0.25) is 0 Å². The van der Waals surface area contributed by atoms with Gasteiger partial charge in [-0.05, 0) is 6.08 Å². The SMILES string of the molecule is CO/N=C(\C(=O)N[C@H](C(=O)O)[C@@H]1NC(C(=O)[O-])=CCS1)c1csc(N)n1.[Na+]. The quantitative estimate of drug-likeness (QED) is 0.188. The maximum absolute atomic E-state index is 12.5. The molecule has 1 aliphatic rings. The molecule has 0 aliphatic carbocycles. The van der Waals surface area contributed by atoms with Crippen LogP contribution in [0.1, 0.15) is 5.69 Å². The third-order valence-corrected chi connectivity index (χ3v) is 4.88. The largest absolute Gasteiger partial charge is 1.00 e. The van der Waals surface area contributed by atoms with Gasteiger partial charge in [0.2, 0.25) is 0 Å². The first kappa shape index (κ1) is 23.2. The summed E-state index contributed by atoms with van der Waals surface area (Å²) >= 11 is 2.18. The van der Waals surface area contributed by atoms with E-state index in [-0.39, 0.29) is 57.5 Å². The topological polar surface area (TPSA) is 179 Å². The van der Waals surface area contributed by atoms with Crippen molar-refractivity contribution in [1.82, 2.24) is 15.6 Å². The van der Waals surface area contributed by atoms with Crippen LogP contribution in [-0.4, -0.2) is 57.9 Å². The summed E-state index contributed by atoms with van der Waals surface area (Å²) in [6, 6.07) is -1.45. The number of aromatic nitrogens is 1. The van der Waals surface area contributed by atoms with Crippen molar-refractivity contribution >= 4 is 51.8 Å². The predicted octanol–water partition coefficient (Wildman–Crippen LogP) is -5.05. The second-order valence-corrected chi connectivity index (χ2v) is 6.85. The molecule has 140 valence electrons. The van der Waals surface area contributed by atoms with E-state index in [9.17, 15) is 24.6 Å². The molecule has 0 spiro atoms. The number of nitrogen functional groups attached to an aromatic ring is 1. The Hall–Kier alpha value is -1.80. The van der Waals surface area contributed by atoms with Crippen LogP contribution in [0.4, 0.5) is 5.13 Å². The van der Waals surface area contributed by atoms with Gasteiger partial charge in [0.25, 0.3) is 5.91 Å². The van der Waals surface area contributed by atoms with Crippen molar-refractivity contribution < 1.29 is 59.0 Å². The zero-order chi connectivity index (χ0) is 19.3. The molecule has 11 nitrogen and oxygen atoms in total. The smallest absolute Gasteiger partial charge is 0.543 e. The molecule has 0 aromatic carbocycles.